The van der Waals surface area contributed by atoms with Crippen LogP contribution in [0.5, 0.6) is 0 Å². The first-order valence-corrected chi connectivity index (χ1v) is 11.6. The summed E-state index contributed by atoms with van der Waals surface area (Å²) in [7, 11) is 0. The highest BCUT2D eigenvalue weighted by Crippen LogP contribution is 2.51. The lowest BCUT2D eigenvalue weighted by Gasteiger charge is -2.19. The molecule has 170 valence electrons. The van der Waals surface area contributed by atoms with Crippen molar-refractivity contribution in [1.82, 2.24) is 29.5 Å². The van der Waals surface area contributed by atoms with Crippen molar-refractivity contribution in [2.75, 3.05) is 18.4 Å². The van der Waals surface area contributed by atoms with Crippen LogP contribution in [-0.2, 0) is 6.54 Å². The van der Waals surface area contributed by atoms with E-state index >= 15 is 0 Å². The van der Waals surface area contributed by atoms with Crippen molar-refractivity contribution in [1.29, 1.82) is 0 Å². The maximum atomic E-state index is 10.1. The molecule has 3 N–H and O–H groups in total. The number of anilines is 1. The van der Waals surface area contributed by atoms with Gasteiger partial charge in [-0.05, 0) is 51.0 Å². The Labute approximate surface area is 192 Å². The van der Waals surface area contributed by atoms with Crippen molar-refractivity contribution in [3.63, 3.8) is 0 Å². The van der Waals surface area contributed by atoms with Gasteiger partial charge in [0.1, 0.15) is 11.5 Å². The lowest BCUT2D eigenvalue weighted by molar-refractivity contribution is 0.0577. The number of hydrogen-bond acceptors (Lipinski definition) is 6. The Morgan fingerprint density at radius 3 is 2.85 bits per heavy atom. The maximum Gasteiger partial charge on any atom is 0.137 e. The van der Waals surface area contributed by atoms with Gasteiger partial charge < -0.3 is 15.7 Å². The smallest absolute Gasteiger partial charge is 0.137 e. The van der Waals surface area contributed by atoms with Gasteiger partial charge in [-0.15, -0.1) is 0 Å². The second kappa shape index (κ2) is 7.40. The second-order valence-corrected chi connectivity index (χ2v) is 10.1. The fourth-order valence-corrected chi connectivity index (χ4v) is 4.87. The molecule has 8 nitrogen and oxygen atoms in total. The van der Waals surface area contributed by atoms with Gasteiger partial charge in [0.05, 0.1) is 35.9 Å². The van der Waals surface area contributed by atoms with Gasteiger partial charge in [-0.1, -0.05) is 6.07 Å². The topological polar surface area (TPSA) is 92.3 Å². The highest BCUT2D eigenvalue weighted by Gasteiger charge is 2.52. The molecule has 4 aromatic heterocycles. The van der Waals surface area contributed by atoms with E-state index in [4.69, 9.17) is 4.98 Å². The van der Waals surface area contributed by atoms with Gasteiger partial charge in [-0.3, -0.25) is 9.08 Å². The molecule has 1 saturated carbocycles. The summed E-state index contributed by atoms with van der Waals surface area (Å²) in [4.78, 5) is 9.51. The van der Waals surface area contributed by atoms with Crippen molar-refractivity contribution >= 4 is 11.5 Å². The third kappa shape index (κ3) is 3.89. The van der Waals surface area contributed by atoms with E-state index in [2.05, 4.69) is 37.4 Å². The molecule has 33 heavy (non-hydrogen) atoms. The Kier molecular flexibility index (Phi) is 4.57. The molecule has 1 aliphatic heterocycles. The summed E-state index contributed by atoms with van der Waals surface area (Å²) in [5.74, 6) is 0.909. The van der Waals surface area contributed by atoms with E-state index in [-0.39, 0.29) is 0 Å². The monoisotopic (exact) mass is 443 g/mol. The van der Waals surface area contributed by atoms with Crippen LogP contribution >= 0.6 is 0 Å². The average Bonchev–Trinajstić information content (AvgIpc) is 3.09. The fraction of sp³-hybridized carbons (Fsp3) is 0.400. The van der Waals surface area contributed by atoms with Crippen LogP contribution in [0.2, 0.25) is 0 Å². The molecule has 1 spiro atoms. The van der Waals surface area contributed by atoms with Crippen molar-refractivity contribution < 1.29 is 5.11 Å². The zero-order valence-corrected chi connectivity index (χ0v) is 19.0. The van der Waals surface area contributed by atoms with E-state index in [0.29, 0.717) is 18.0 Å². The van der Waals surface area contributed by atoms with Crippen LogP contribution in [0.4, 0.5) is 5.82 Å². The molecule has 8 heteroatoms. The summed E-state index contributed by atoms with van der Waals surface area (Å²) in [6.07, 6.45) is 10.3. The zero-order valence-electron chi connectivity index (χ0n) is 19.0. The summed E-state index contributed by atoms with van der Waals surface area (Å²) in [5.41, 5.74) is 4.34. The Bertz CT molecular complexity index is 1310. The number of pyridine rings is 2. The molecule has 5 heterocycles. The quantitative estimate of drug-likeness (QED) is 0.424. The molecule has 1 unspecified atom stereocenters. The number of nitrogens with zero attached hydrogens (tertiary/aromatic N) is 5. The van der Waals surface area contributed by atoms with Crippen LogP contribution in [0.25, 0.3) is 28.2 Å². The van der Waals surface area contributed by atoms with Crippen LogP contribution in [-0.4, -0.2) is 54.0 Å². The van der Waals surface area contributed by atoms with E-state index in [1.807, 2.05) is 42.9 Å². The molecule has 6 rings (SSSR count). The lowest BCUT2D eigenvalue weighted by atomic mass is 10.0. The predicted molar refractivity (Wildman–Crippen MR) is 128 cm³/mol. The molecular formula is C25H29N7O. The molecule has 1 atom stereocenters. The standard InChI is InChI=1S/C25H29N7O/c1-24(2,33)16-31-13-18(10-28-31)17-6-7-23-27-11-20(32(23)14-17)19-4-3-5-22(29-19)30-21-12-26-15-25(21)8-9-25/h3-7,10-11,13-14,21,26,33H,8-9,12,15-16H2,1-2H3,(H,29,30). The minimum absolute atomic E-state index is 0.422. The zero-order chi connectivity index (χ0) is 22.6. The first-order chi connectivity index (χ1) is 15.9. The van der Waals surface area contributed by atoms with Gasteiger partial charge in [0, 0.05) is 48.1 Å². The number of aliphatic hydroxyl groups is 1. The third-order valence-corrected chi connectivity index (χ3v) is 6.81. The SMILES string of the molecule is CC(C)(O)Cn1cc(-c2ccc3ncc(-c4cccc(NC5CNCC56CC6)n4)n3c2)cn1. The average molecular weight is 444 g/mol. The molecule has 0 radical (unpaired) electrons. The van der Waals surface area contributed by atoms with Crippen LogP contribution in [0, 0.1) is 5.41 Å². The summed E-state index contributed by atoms with van der Waals surface area (Å²) in [6, 6.07) is 10.6. The van der Waals surface area contributed by atoms with Crippen LogP contribution in [0.15, 0.2) is 55.1 Å². The van der Waals surface area contributed by atoms with Crippen molar-refractivity contribution in [2.45, 2.75) is 44.9 Å². The van der Waals surface area contributed by atoms with Crippen molar-refractivity contribution in [3.05, 3.63) is 55.1 Å². The molecule has 0 bridgehead atoms. The lowest BCUT2D eigenvalue weighted by Crippen LogP contribution is -2.29. The summed E-state index contributed by atoms with van der Waals surface area (Å²) in [6.45, 7) is 6.09. The highest BCUT2D eigenvalue weighted by molar-refractivity contribution is 5.67. The van der Waals surface area contributed by atoms with E-state index in [0.717, 1.165) is 47.1 Å². The molecule has 0 amide bonds. The minimum Gasteiger partial charge on any atom is -0.389 e. The predicted octanol–water partition coefficient (Wildman–Crippen LogP) is 3.19. The Morgan fingerprint density at radius 2 is 2.03 bits per heavy atom. The van der Waals surface area contributed by atoms with Crippen LogP contribution < -0.4 is 10.6 Å². The van der Waals surface area contributed by atoms with E-state index in [1.165, 1.54) is 12.8 Å². The molecule has 1 aliphatic carbocycles. The van der Waals surface area contributed by atoms with Crippen LogP contribution in [0.3, 0.4) is 0 Å². The first-order valence-electron chi connectivity index (χ1n) is 11.6. The van der Waals surface area contributed by atoms with Gasteiger partial charge in [-0.25, -0.2) is 9.97 Å². The molecular weight excluding hydrogens is 414 g/mol. The molecule has 0 aromatic carbocycles. The van der Waals surface area contributed by atoms with E-state index in [9.17, 15) is 5.11 Å². The Morgan fingerprint density at radius 1 is 1.15 bits per heavy atom. The van der Waals surface area contributed by atoms with Crippen molar-refractivity contribution in [3.8, 4) is 22.5 Å². The largest absolute Gasteiger partial charge is 0.389 e. The van der Waals surface area contributed by atoms with E-state index < -0.39 is 5.60 Å². The fourth-order valence-electron chi connectivity index (χ4n) is 4.87. The van der Waals surface area contributed by atoms with Crippen LogP contribution in [0.1, 0.15) is 26.7 Å². The van der Waals surface area contributed by atoms with Gasteiger partial charge in [0.25, 0.3) is 0 Å². The minimum atomic E-state index is -0.816. The molecule has 4 aromatic rings. The highest BCUT2D eigenvalue weighted by atomic mass is 16.3. The second-order valence-electron chi connectivity index (χ2n) is 10.1. The van der Waals surface area contributed by atoms with Gasteiger partial charge >= 0.3 is 0 Å². The Hall–Kier alpha value is -3.23. The molecule has 1 saturated heterocycles. The Balaban J connectivity index is 1.30. The number of nitrogens with one attached hydrogen (secondary N) is 2. The molecule has 2 aliphatic rings. The third-order valence-electron chi connectivity index (χ3n) is 6.81. The number of rotatable bonds is 6. The summed E-state index contributed by atoms with van der Waals surface area (Å²) >= 11 is 0. The number of aromatic nitrogens is 5. The van der Waals surface area contributed by atoms with Crippen molar-refractivity contribution in [2.24, 2.45) is 5.41 Å². The van der Waals surface area contributed by atoms with Gasteiger partial charge in [-0.2, -0.15) is 5.10 Å². The summed E-state index contributed by atoms with van der Waals surface area (Å²) in [5, 5.41) is 21.7. The number of hydrogen-bond donors (Lipinski definition) is 3. The molecule has 2 fully saturated rings. The normalized spacial score (nSPS) is 19.4. The number of fused-ring (bicyclic) bond motifs is 1. The van der Waals surface area contributed by atoms with Gasteiger partial charge in [0.15, 0.2) is 0 Å². The number of imidazole rings is 1. The first kappa shape index (κ1) is 20.4. The maximum absolute atomic E-state index is 10.1. The van der Waals surface area contributed by atoms with E-state index in [1.54, 1.807) is 18.5 Å². The van der Waals surface area contributed by atoms with Gasteiger partial charge in [0.2, 0.25) is 0 Å². The summed E-state index contributed by atoms with van der Waals surface area (Å²) < 4.78 is 3.85.